The molecule has 0 spiro atoms. The molecule has 22 heavy (non-hydrogen) atoms. The number of nitrogens with zero attached hydrogens (tertiary/aromatic N) is 1. The minimum atomic E-state index is -0.343. The van der Waals surface area contributed by atoms with Gasteiger partial charge in [0.25, 0.3) is 5.91 Å². The second kappa shape index (κ2) is 7.33. The lowest BCUT2D eigenvalue weighted by Crippen LogP contribution is -2.25. The van der Waals surface area contributed by atoms with Crippen LogP contribution in [-0.2, 0) is 4.79 Å². The van der Waals surface area contributed by atoms with Crippen molar-refractivity contribution in [1.82, 2.24) is 5.43 Å². The Balaban J connectivity index is 1.82. The normalized spacial score (nSPS) is 10.6. The Morgan fingerprint density at radius 3 is 2.59 bits per heavy atom. The Bertz CT molecular complexity index is 687. The molecule has 0 saturated carbocycles. The molecule has 0 aliphatic rings. The predicted molar refractivity (Wildman–Crippen MR) is 85.5 cm³/mol. The molecule has 6 nitrogen and oxygen atoms in total. The summed E-state index contributed by atoms with van der Waals surface area (Å²) in [6.45, 7) is 0.0422. The highest BCUT2D eigenvalue weighted by molar-refractivity contribution is 6.30. The Morgan fingerprint density at radius 2 is 1.91 bits per heavy atom. The number of halogens is 1. The van der Waals surface area contributed by atoms with Gasteiger partial charge in [0, 0.05) is 22.3 Å². The van der Waals surface area contributed by atoms with Crippen molar-refractivity contribution in [3.63, 3.8) is 0 Å². The van der Waals surface area contributed by atoms with E-state index in [0.717, 1.165) is 5.69 Å². The summed E-state index contributed by atoms with van der Waals surface area (Å²) in [5.41, 5.74) is 3.47. The van der Waals surface area contributed by atoms with Crippen LogP contribution in [0.2, 0.25) is 5.02 Å². The van der Waals surface area contributed by atoms with Gasteiger partial charge < -0.3 is 15.5 Å². The highest BCUT2D eigenvalue weighted by Crippen LogP contribution is 2.20. The average molecular weight is 320 g/mol. The maximum Gasteiger partial charge on any atom is 0.259 e. The molecule has 0 aliphatic heterocycles. The Kier molecular flexibility index (Phi) is 5.21. The van der Waals surface area contributed by atoms with Crippen LogP contribution in [-0.4, -0.2) is 28.9 Å². The van der Waals surface area contributed by atoms with Crippen molar-refractivity contribution in [3.05, 3.63) is 53.1 Å². The summed E-state index contributed by atoms with van der Waals surface area (Å²) in [5, 5.41) is 26.0. The number of carbonyl (C=O) groups excluding carboxylic acids is 1. The van der Waals surface area contributed by atoms with Crippen molar-refractivity contribution >= 4 is 29.4 Å². The molecule has 114 valence electrons. The van der Waals surface area contributed by atoms with Gasteiger partial charge in [-0.3, -0.25) is 4.79 Å². The summed E-state index contributed by atoms with van der Waals surface area (Å²) in [4.78, 5) is 11.6. The molecule has 0 saturated heterocycles. The van der Waals surface area contributed by atoms with E-state index in [-0.39, 0.29) is 24.0 Å². The quantitative estimate of drug-likeness (QED) is 0.502. The third-order valence-electron chi connectivity index (χ3n) is 2.70. The first-order chi connectivity index (χ1) is 10.5. The van der Waals surface area contributed by atoms with E-state index in [1.165, 1.54) is 24.4 Å². The first-order valence-electron chi connectivity index (χ1n) is 6.38. The molecule has 0 heterocycles. The lowest BCUT2D eigenvalue weighted by Gasteiger charge is -2.05. The molecule has 0 radical (unpaired) electrons. The van der Waals surface area contributed by atoms with Gasteiger partial charge in [-0.05, 0) is 36.4 Å². The summed E-state index contributed by atoms with van der Waals surface area (Å²) >= 11 is 5.76. The minimum Gasteiger partial charge on any atom is -0.508 e. The number of aromatic hydroxyl groups is 2. The Hall–Kier alpha value is -2.73. The van der Waals surface area contributed by atoms with Crippen LogP contribution < -0.4 is 10.7 Å². The van der Waals surface area contributed by atoms with Crippen LogP contribution in [0.1, 0.15) is 5.56 Å². The zero-order chi connectivity index (χ0) is 15.9. The van der Waals surface area contributed by atoms with E-state index in [0.29, 0.717) is 10.6 Å². The number of phenolic OH excluding ortho intramolecular Hbond substituents is 2. The van der Waals surface area contributed by atoms with Crippen molar-refractivity contribution in [2.24, 2.45) is 5.10 Å². The van der Waals surface area contributed by atoms with E-state index in [2.05, 4.69) is 15.8 Å². The van der Waals surface area contributed by atoms with Gasteiger partial charge in [0.2, 0.25) is 0 Å². The number of amides is 1. The predicted octanol–water partition coefficient (Wildman–Crippen LogP) is 2.31. The van der Waals surface area contributed by atoms with Crippen molar-refractivity contribution in [3.8, 4) is 11.5 Å². The van der Waals surface area contributed by atoms with Gasteiger partial charge in [-0.1, -0.05) is 11.6 Å². The number of hydrazone groups is 1. The fourth-order valence-corrected chi connectivity index (χ4v) is 1.73. The second-order valence-corrected chi connectivity index (χ2v) is 4.83. The molecule has 0 bridgehead atoms. The van der Waals surface area contributed by atoms with E-state index < -0.39 is 0 Å². The summed E-state index contributed by atoms with van der Waals surface area (Å²) in [6.07, 6.45) is 1.29. The number of hydrogen-bond donors (Lipinski definition) is 4. The molecule has 2 aromatic carbocycles. The molecule has 7 heteroatoms. The summed E-state index contributed by atoms with van der Waals surface area (Å²) in [7, 11) is 0. The molecular weight excluding hydrogens is 306 g/mol. The molecule has 2 rings (SSSR count). The van der Waals surface area contributed by atoms with Gasteiger partial charge in [0.05, 0.1) is 12.8 Å². The standard InChI is InChI=1S/C15H14ClN3O3/c16-11-2-4-12(5-3-11)17-9-15(22)19-18-8-10-1-6-13(20)7-14(10)21/h1-8,17,20-21H,9H2,(H,19,22)/b18-8-. The summed E-state index contributed by atoms with van der Waals surface area (Å²) in [6, 6.07) is 11.0. The van der Waals surface area contributed by atoms with Gasteiger partial charge in [-0.2, -0.15) is 5.10 Å². The van der Waals surface area contributed by atoms with E-state index in [1.54, 1.807) is 24.3 Å². The fourth-order valence-electron chi connectivity index (χ4n) is 1.60. The molecule has 0 fully saturated rings. The third-order valence-corrected chi connectivity index (χ3v) is 2.96. The maximum absolute atomic E-state index is 11.6. The van der Waals surface area contributed by atoms with Crippen molar-refractivity contribution in [1.29, 1.82) is 0 Å². The van der Waals surface area contributed by atoms with Crippen LogP contribution in [0.4, 0.5) is 5.69 Å². The molecule has 0 aromatic heterocycles. The number of phenols is 2. The van der Waals surface area contributed by atoms with Gasteiger partial charge in [-0.25, -0.2) is 5.43 Å². The van der Waals surface area contributed by atoms with Crippen LogP contribution >= 0.6 is 11.6 Å². The lowest BCUT2D eigenvalue weighted by molar-refractivity contribution is -0.119. The Labute approximate surface area is 132 Å². The number of anilines is 1. The van der Waals surface area contributed by atoms with Crippen molar-refractivity contribution in [2.75, 3.05) is 11.9 Å². The highest BCUT2D eigenvalue weighted by atomic mass is 35.5. The number of benzene rings is 2. The van der Waals surface area contributed by atoms with Crippen molar-refractivity contribution < 1.29 is 15.0 Å². The number of rotatable bonds is 5. The van der Waals surface area contributed by atoms with Crippen LogP contribution in [0.15, 0.2) is 47.6 Å². The molecule has 0 aliphatic carbocycles. The molecule has 0 unspecified atom stereocenters. The van der Waals surface area contributed by atoms with Crippen LogP contribution in [0.5, 0.6) is 11.5 Å². The minimum absolute atomic E-state index is 0.0422. The SMILES string of the molecule is O=C(CNc1ccc(Cl)cc1)N/N=C\c1ccc(O)cc1O. The Morgan fingerprint density at radius 1 is 1.18 bits per heavy atom. The van der Waals surface area contributed by atoms with E-state index in [1.807, 2.05) is 0 Å². The van der Waals surface area contributed by atoms with Crippen LogP contribution in [0, 0.1) is 0 Å². The zero-order valence-electron chi connectivity index (χ0n) is 11.5. The van der Waals surface area contributed by atoms with Gasteiger partial charge in [0.1, 0.15) is 11.5 Å². The van der Waals surface area contributed by atoms with Gasteiger partial charge >= 0.3 is 0 Å². The smallest absolute Gasteiger partial charge is 0.259 e. The molecule has 1 amide bonds. The van der Waals surface area contributed by atoms with E-state index >= 15 is 0 Å². The summed E-state index contributed by atoms with van der Waals surface area (Å²) in [5.74, 6) is -0.521. The van der Waals surface area contributed by atoms with E-state index in [4.69, 9.17) is 16.7 Å². The lowest BCUT2D eigenvalue weighted by atomic mass is 10.2. The topological polar surface area (TPSA) is 94.0 Å². The third kappa shape index (κ3) is 4.68. The zero-order valence-corrected chi connectivity index (χ0v) is 12.2. The van der Waals surface area contributed by atoms with Crippen LogP contribution in [0.25, 0.3) is 0 Å². The number of nitrogens with one attached hydrogen (secondary N) is 2. The second-order valence-electron chi connectivity index (χ2n) is 4.40. The van der Waals surface area contributed by atoms with Gasteiger partial charge in [-0.15, -0.1) is 0 Å². The number of hydrogen-bond acceptors (Lipinski definition) is 5. The number of carbonyl (C=O) groups is 1. The highest BCUT2D eigenvalue weighted by Gasteiger charge is 2.01. The molecule has 0 atom stereocenters. The summed E-state index contributed by atoms with van der Waals surface area (Å²) < 4.78 is 0. The molecule has 2 aromatic rings. The van der Waals surface area contributed by atoms with Crippen LogP contribution in [0.3, 0.4) is 0 Å². The van der Waals surface area contributed by atoms with Gasteiger partial charge in [0.15, 0.2) is 0 Å². The van der Waals surface area contributed by atoms with E-state index in [9.17, 15) is 9.90 Å². The maximum atomic E-state index is 11.6. The molecule has 4 N–H and O–H groups in total. The fraction of sp³-hybridized carbons (Fsp3) is 0.0667. The first kappa shape index (κ1) is 15.7. The largest absolute Gasteiger partial charge is 0.508 e. The first-order valence-corrected chi connectivity index (χ1v) is 6.76. The molecular formula is C15H14ClN3O3. The monoisotopic (exact) mass is 319 g/mol. The van der Waals surface area contributed by atoms with Crippen molar-refractivity contribution in [2.45, 2.75) is 0 Å². The average Bonchev–Trinajstić information content (AvgIpc) is 2.49.